The van der Waals surface area contributed by atoms with Crippen molar-refractivity contribution in [3.05, 3.63) is 71.4 Å². The first-order chi connectivity index (χ1) is 14.9. The third-order valence-electron chi connectivity index (χ3n) is 4.83. The number of ether oxygens (including phenoxy) is 2. The molecule has 1 aliphatic rings. The van der Waals surface area contributed by atoms with E-state index in [0.717, 1.165) is 17.0 Å². The Labute approximate surface area is 183 Å². The second-order valence-corrected chi connectivity index (χ2v) is 7.57. The number of urea groups is 1. The van der Waals surface area contributed by atoms with Crippen molar-refractivity contribution in [2.45, 2.75) is 32.9 Å². The Morgan fingerprint density at radius 2 is 1.77 bits per heavy atom. The van der Waals surface area contributed by atoms with Crippen LogP contribution in [0.4, 0.5) is 10.5 Å². The van der Waals surface area contributed by atoms with E-state index < -0.39 is 12.0 Å². The molecular formula is C24H29N3O4. The lowest BCUT2D eigenvalue weighted by molar-refractivity contribution is -0.139. The highest BCUT2D eigenvalue weighted by Crippen LogP contribution is 2.30. The summed E-state index contributed by atoms with van der Waals surface area (Å²) in [5, 5.41) is 5.66. The second kappa shape index (κ2) is 10.0. The van der Waals surface area contributed by atoms with E-state index in [9.17, 15) is 9.59 Å². The number of esters is 1. The van der Waals surface area contributed by atoms with Crippen molar-refractivity contribution in [3.8, 4) is 5.75 Å². The number of carbonyl (C=O) groups excluding carboxylic acids is 2. The molecule has 0 unspecified atom stereocenters. The molecule has 1 heterocycles. The topological polar surface area (TPSA) is 79.9 Å². The maximum atomic E-state index is 12.9. The quantitative estimate of drug-likeness (QED) is 0.632. The Morgan fingerprint density at radius 1 is 1.10 bits per heavy atom. The molecule has 0 aliphatic carbocycles. The van der Waals surface area contributed by atoms with Crippen LogP contribution in [-0.2, 0) is 9.53 Å². The van der Waals surface area contributed by atoms with Crippen LogP contribution in [0.25, 0.3) is 0 Å². The minimum absolute atomic E-state index is 0.0551. The zero-order valence-corrected chi connectivity index (χ0v) is 18.3. The van der Waals surface area contributed by atoms with Crippen molar-refractivity contribution < 1.29 is 19.1 Å². The predicted molar refractivity (Wildman–Crippen MR) is 120 cm³/mol. The number of likely N-dealkylation sites (N-methyl/N-ethyl adjacent to an activating group) is 1. The Kier molecular flexibility index (Phi) is 7.18. The Hall–Kier alpha value is -3.48. The molecule has 0 bridgehead atoms. The lowest BCUT2D eigenvalue weighted by Crippen LogP contribution is -2.48. The third-order valence-corrected chi connectivity index (χ3v) is 4.83. The van der Waals surface area contributed by atoms with Crippen LogP contribution in [0, 0.1) is 0 Å². The van der Waals surface area contributed by atoms with Gasteiger partial charge in [-0.25, -0.2) is 9.59 Å². The molecule has 164 valence electrons. The molecular weight excluding hydrogens is 394 g/mol. The van der Waals surface area contributed by atoms with Crippen LogP contribution in [0.3, 0.4) is 0 Å². The van der Waals surface area contributed by atoms with Crippen LogP contribution >= 0.6 is 0 Å². The Morgan fingerprint density at radius 3 is 2.39 bits per heavy atom. The van der Waals surface area contributed by atoms with Crippen molar-refractivity contribution in [2.75, 3.05) is 25.1 Å². The number of hydrogen-bond acceptors (Lipinski definition) is 5. The van der Waals surface area contributed by atoms with Crippen LogP contribution in [0.15, 0.2) is 65.9 Å². The molecule has 2 aromatic rings. The minimum atomic E-state index is -0.625. The molecule has 2 N–H and O–H groups in total. The van der Waals surface area contributed by atoms with Gasteiger partial charge in [-0.1, -0.05) is 30.3 Å². The van der Waals surface area contributed by atoms with Gasteiger partial charge in [-0.2, -0.15) is 0 Å². The van der Waals surface area contributed by atoms with Crippen molar-refractivity contribution in [3.63, 3.8) is 0 Å². The van der Waals surface area contributed by atoms with Gasteiger partial charge in [0.05, 0.1) is 36.6 Å². The van der Waals surface area contributed by atoms with E-state index in [2.05, 4.69) is 10.6 Å². The summed E-state index contributed by atoms with van der Waals surface area (Å²) in [6.07, 6.45) is 0.0551. The van der Waals surface area contributed by atoms with Crippen LogP contribution in [0.5, 0.6) is 5.75 Å². The summed E-state index contributed by atoms with van der Waals surface area (Å²) in [6, 6.07) is 16.2. The van der Waals surface area contributed by atoms with Crippen molar-refractivity contribution in [1.29, 1.82) is 0 Å². The summed E-state index contributed by atoms with van der Waals surface area (Å²) in [5.74, 6) is 0.267. The van der Waals surface area contributed by atoms with Gasteiger partial charge >= 0.3 is 12.0 Å². The summed E-state index contributed by atoms with van der Waals surface area (Å²) in [4.78, 5) is 27.3. The van der Waals surface area contributed by atoms with E-state index >= 15 is 0 Å². The van der Waals surface area contributed by atoms with Gasteiger partial charge in [-0.15, -0.1) is 0 Å². The summed E-state index contributed by atoms with van der Waals surface area (Å²) < 4.78 is 11.0. The smallest absolute Gasteiger partial charge is 0.338 e. The molecule has 2 amide bonds. The number of rotatable bonds is 8. The number of anilines is 1. The molecule has 0 aromatic heterocycles. The molecule has 0 fully saturated rings. The molecule has 1 aliphatic heterocycles. The number of hydrogen-bond donors (Lipinski definition) is 2. The summed E-state index contributed by atoms with van der Waals surface area (Å²) in [6.45, 7) is 6.26. The molecule has 3 rings (SSSR count). The molecule has 0 spiro atoms. The fraction of sp³-hybridized carbons (Fsp3) is 0.333. The van der Waals surface area contributed by atoms with E-state index in [4.69, 9.17) is 9.47 Å². The third kappa shape index (κ3) is 5.57. The van der Waals surface area contributed by atoms with Crippen LogP contribution < -0.4 is 20.3 Å². The summed E-state index contributed by atoms with van der Waals surface area (Å²) in [7, 11) is 1.91. The molecule has 7 nitrogen and oxygen atoms in total. The predicted octanol–water partition coefficient (Wildman–Crippen LogP) is 3.78. The minimum Gasteiger partial charge on any atom is -0.491 e. The highest BCUT2D eigenvalue weighted by atomic mass is 16.5. The largest absolute Gasteiger partial charge is 0.491 e. The average molecular weight is 424 g/mol. The summed E-state index contributed by atoms with van der Waals surface area (Å²) >= 11 is 0. The van der Waals surface area contributed by atoms with Gasteiger partial charge in [0, 0.05) is 12.7 Å². The lowest BCUT2D eigenvalue weighted by Gasteiger charge is -2.31. The first-order valence-corrected chi connectivity index (χ1v) is 10.4. The zero-order chi connectivity index (χ0) is 22.4. The number of nitrogens with one attached hydrogen (secondary N) is 2. The van der Waals surface area contributed by atoms with Gasteiger partial charge in [0.15, 0.2) is 0 Å². The first kappa shape index (κ1) is 22.2. The van der Waals surface area contributed by atoms with Gasteiger partial charge in [-0.05, 0) is 50.6 Å². The molecule has 0 radical (unpaired) electrons. The van der Waals surface area contributed by atoms with Gasteiger partial charge in [-0.3, -0.25) is 0 Å². The summed E-state index contributed by atoms with van der Waals surface area (Å²) in [5.41, 5.74) is 2.65. The maximum Gasteiger partial charge on any atom is 0.338 e. The number of carbonyl (C=O) groups is 2. The molecule has 2 aromatic carbocycles. The number of amides is 2. The number of nitrogens with zero attached hydrogens (tertiary/aromatic N) is 1. The van der Waals surface area contributed by atoms with E-state index in [1.165, 1.54) is 0 Å². The fourth-order valence-corrected chi connectivity index (χ4v) is 3.46. The van der Waals surface area contributed by atoms with Crippen molar-refractivity contribution in [1.82, 2.24) is 10.6 Å². The highest BCUT2D eigenvalue weighted by molar-refractivity contribution is 5.95. The SMILES string of the molecule is CCOC(=O)C1=C(CN(C)c2ccccc2)NC(=O)N[C@@H]1c1ccc(OC(C)C)cc1. The van der Waals surface area contributed by atoms with Crippen LogP contribution in [0.1, 0.15) is 32.4 Å². The van der Waals surface area contributed by atoms with E-state index in [1.807, 2.05) is 80.4 Å². The maximum absolute atomic E-state index is 12.9. The second-order valence-electron chi connectivity index (χ2n) is 7.57. The standard InChI is InChI=1S/C24H29N3O4/c1-5-30-23(28)21-20(15-27(4)18-9-7-6-8-10-18)25-24(29)26-22(21)17-11-13-19(14-12-17)31-16(2)3/h6-14,16,22H,5,15H2,1-4H3,(H2,25,26,29)/t22-/m1/s1. The molecule has 0 saturated heterocycles. The average Bonchev–Trinajstić information content (AvgIpc) is 2.74. The monoisotopic (exact) mass is 423 g/mol. The van der Waals surface area contributed by atoms with E-state index in [1.54, 1.807) is 6.92 Å². The fourth-order valence-electron chi connectivity index (χ4n) is 3.46. The number of benzene rings is 2. The molecule has 1 atom stereocenters. The zero-order valence-electron chi connectivity index (χ0n) is 18.3. The van der Waals surface area contributed by atoms with Crippen molar-refractivity contribution >= 4 is 17.7 Å². The van der Waals surface area contributed by atoms with Gasteiger partial charge in [0.2, 0.25) is 0 Å². The van der Waals surface area contributed by atoms with E-state index in [-0.39, 0.29) is 18.7 Å². The number of para-hydroxylation sites is 1. The van der Waals surface area contributed by atoms with Gasteiger partial charge in [0.1, 0.15) is 5.75 Å². The van der Waals surface area contributed by atoms with Crippen LogP contribution in [-0.4, -0.2) is 38.3 Å². The van der Waals surface area contributed by atoms with E-state index in [0.29, 0.717) is 17.8 Å². The molecule has 7 heteroatoms. The van der Waals surface area contributed by atoms with Gasteiger partial charge in [0.25, 0.3) is 0 Å². The first-order valence-electron chi connectivity index (χ1n) is 10.4. The van der Waals surface area contributed by atoms with Crippen molar-refractivity contribution in [2.24, 2.45) is 0 Å². The van der Waals surface area contributed by atoms with Gasteiger partial charge < -0.3 is 25.0 Å². The van der Waals surface area contributed by atoms with Crippen LogP contribution in [0.2, 0.25) is 0 Å². The Balaban J connectivity index is 1.97. The molecule has 0 saturated carbocycles. The Bertz CT molecular complexity index is 939. The highest BCUT2D eigenvalue weighted by Gasteiger charge is 2.34. The normalized spacial score (nSPS) is 15.9. The lowest BCUT2D eigenvalue weighted by atomic mass is 9.95. The molecule has 31 heavy (non-hydrogen) atoms.